The number of ether oxygens (including phenoxy) is 1. The fourth-order valence-electron chi connectivity index (χ4n) is 3.65. The zero-order valence-corrected chi connectivity index (χ0v) is 11.8. The van der Waals surface area contributed by atoms with Crippen LogP contribution in [0.2, 0.25) is 0 Å². The van der Waals surface area contributed by atoms with Gasteiger partial charge in [0.25, 0.3) is 5.91 Å². The van der Waals surface area contributed by atoms with Gasteiger partial charge in [0.05, 0.1) is 13.1 Å². The number of nitrogens with zero attached hydrogens (tertiary/aromatic N) is 2. The van der Waals surface area contributed by atoms with E-state index in [4.69, 9.17) is 4.74 Å². The van der Waals surface area contributed by atoms with Crippen LogP contribution in [0, 0.1) is 0 Å². The molecule has 7 nitrogen and oxygen atoms in total. The Bertz CT molecular complexity index is 611. The third kappa shape index (κ3) is 1.99. The molecule has 0 bridgehead atoms. The van der Waals surface area contributed by atoms with Crippen LogP contribution in [-0.2, 0) is 17.6 Å². The van der Waals surface area contributed by atoms with Crippen molar-refractivity contribution in [2.24, 2.45) is 0 Å². The van der Waals surface area contributed by atoms with E-state index >= 15 is 0 Å². The first-order chi connectivity index (χ1) is 10.2. The summed E-state index contributed by atoms with van der Waals surface area (Å²) in [5, 5.41) is 9.88. The monoisotopic (exact) mass is 290 g/mol. The number of aryl methyl sites for hydroxylation is 1. The average molecular weight is 290 g/mol. The predicted molar refractivity (Wildman–Crippen MR) is 73.0 cm³/mol. The zero-order chi connectivity index (χ0) is 14.4. The second-order valence-electron chi connectivity index (χ2n) is 6.14. The molecule has 0 radical (unpaired) electrons. The van der Waals surface area contributed by atoms with E-state index in [2.05, 4.69) is 15.5 Å². The van der Waals surface area contributed by atoms with Gasteiger partial charge in [0.15, 0.2) is 5.69 Å². The van der Waals surface area contributed by atoms with Gasteiger partial charge < -0.3 is 15.0 Å². The van der Waals surface area contributed by atoms with Crippen LogP contribution in [0.1, 0.15) is 41.0 Å². The molecule has 2 fully saturated rings. The van der Waals surface area contributed by atoms with Gasteiger partial charge in [-0.2, -0.15) is 5.10 Å². The summed E-state index contributed by atoms with van der Waals surface area (Å²) in [5.74, 6) is -0.0450. The molecule has 112 valence electrons. The van der Waals surface area contributed by atoms with Crippen LogP contribution in [0.5, 0.6) is 0 Å². The lowest BCUT2D eigenvalue weighted by atomic mass is 9.92. The lowest BCUT2D eigenvalue weighted by Crippen LogP contribution is -2.52. The summed E-state index contributed by atoms with van der Waals surface area (Å²) in [6, 6.07) is 0. The maximum Gasteiger partial charge on any atom is 0.407 e. The molecule has 1 aromatic rings. The molecule has 4 rings (SSSR count). The molecule has 2 saturated heterocycles. The first kappa shape index (κ1) is 12.7. The topological polar surface area (TPSA) is 87.3 Å². The Morgan fingerprint density at radius 2 is 2.24 bits per heavy atom. The number of carbonyl (C=O) groups excluding carboxylic acids is 2. The molecular formula is C14H18N4O3. The molecule has 3 heterocycles. The number of aromatic amines is 1. The summed E-state index contributed by atoms with van der Waals surface area (Å²) in [6.07, 6.45) is 4.23. The van der Waals surface area contributed by atoms with E-state index in [0.717, 1.165) is 43.4 Å². The average Bonchev–Trinajstić information content (AvgIpc) is 3.14. The molecule has 1 aliphatic carbocycles. The van der Waals surface area contributed by atoms with Crippen molar-refractivity contribution in [3.05, 3.63) is 17.0 Å². The largest absolute Gasteiger partial charge is 0.439 e. The first-order valence-electron chi connectivity index (χ1n) is 7.49. The van der Waals surface area contributed by atoms with Gasteiger partial charge in [-0.05, 0) is 32.1 Å². The van der Waals surface area contributed by atoms with Crippen molar-refractivity contribution in [2.75, 3.05) is 19.6 Å². The van der Waals surface area contributed by atoms with Gasteiger partial charge >= 0.3 is 6.09 Å². The number of aromatic nitrogens is 2. The Balaban J connectivity index is 1.55. The summed E-state index contributed by atoms with van der Waals surface area (Å²) >= 11 is 0. The van der Waals surface area contributed by atoms with Crippen LogP contribution in [0.25, 0.3) is 0 Å². The van der Waals surface area contributed by atoms with E-state index in [-0.39, 0.29) is 12.0 Å². The van der Waals surface area contributed by atoms with Crippen LogP contribution < -0.4 is 5.32 Å². The highest BCUT2D eigenvalue weighted by molar-refractivity contribution is 5.94. The van der Waals surface area contributed by atoms with Gasteiger partial charge in [0.2, 0.25) is 0 Å². The summed E-state index contributed by atoms with van der Waals surface area (Å²) in [5.41, 5.74) is 2.17. The molecule has 1 aromatic heterocycles. The number of hydrogen-bond donors (Lipinski definition) is 2. The summed E-state index contributed by atoms with van der Waals surface area (Å²) in [7, 11) is 0. The lowest BCUT2D eigenvalue weighted by molar-refractivity contribution is -0.00527. The van der Waals surface area contributed by atoms with E-state index < -0.39 is 5.60 Å². The quantitative estimate of drug-likeness (QED) is 0.793. The van der Waals surface area contributed by atoms with Crippen molar-refractivity contribution in [1.82, 2.24) is 20.4 Å². The van der Waals surface area contributed by atoms with Crippen molar-refractivity contribution in [2.45, 2.75) is 37.7 Å². The zero-order valence-electron chi connectivity index (χ0n) is 11.8. The van der Waals surface area contributed by atoms with Gasteiger partial charge in [-0.25, -0.2) is 4.79 Å². The maximum atomic E-state index is 12.7. The Labute approximate surface area is 122 Å². The third-order valence-electron chi connectivity index (χ3n) is 4.70. The summed E-state index contributed by atoms with van der Waals surface area (Å²) < 4.78 is 5.41. The Hall–Kier alpha value is -2.05. The van der Waals surface area contributed by atoms with E-state index in [1.165, 1.54) is 0 Å². The van der Waals surface area contributed by atoms with Gasteiger partial charge in [-0.15, -0.1) is 0 Å². The van der Waals surface area contributed by atoms with Crippen LogP contribution >= 0.6 is 0 Å². The molecule has 2 amide bonds. The van der Waals surface area contributed by atoms with Crippen molar-refractivity contribution in [3.8, 4) is 0 Å². The molecule has 1 spiro atoms. The number of H-pyrrole nitrogens is 1. The fourth-order valence-corrected chi connectivity index (χ4v) is 3.65. The standard InChI is InChI=1S/C14H18N4O3/c19-12(11-9-3-1-4-10(9)16-17-11)18-6-2-5-14(8-18)7-15-13(20)21-14/h1-8H2,(H,15,20)(H,16,17). The Morgan fingerprint density at radius 1 is 1.33 bits per heavy atom. The minimum absolute atomic E-state index is 0.0450. The van der Waals surface area contributed by atoms with Crippen LogP contribution in [0.3, 0.4) is 0 Å². The van der Waals surface area contributed by atoms with Crippen molar-refractivity contribution < 1.29 is 14.3 Å². The molecule has 21 heavy (non-hydrogen) atoms. The van der Waals surface area contributed by atoms with E-state index in [0.29, 0.717) is 25.3 Å². The molecule has 3 aliphatic rings. The Morgan fingerprint density at radius 3 is 3.05 bits per heavy atom. The number of piperidine rings is 1. The van der Waals surface area contributed by atoms with Crippen molar-refractivity contribution in [3.63, 3.8) is 0 Å². The van der Waals surface area contributed by atoms with E-state index in [1.807, 2.05) is 0 Å². The maximum absolute atomic E-state index is 12.7. The highest BCUT2D eigenvalue weighted by Crippen LogP contribution is 2.30. The minimum Gasteiger partial charge on any atom is -0.439 e. The van der Waals surface area contributed by atoms with Crippen LogP contribution in [0.15, 0.2) is 0 Å². The number of carbonyl (C=O) groups is 2. The molecule has 1 unspecified atom stereocenters. The smallest absolute Gasteiger partial charge is 0.407 e. The number of amides is 2. The fraction of sp³-hybridized carbons (Fsp3) is 0.643. The Kier molecular flexibility index (Phi) is 2.70. The van der Waals surface area contributed by atoms with Crippen molar-refractivity contribution in [1.29, 1.82) is 0 Å². The van der Waals surface area contributed by atoms with Gasteiger partial charge in [-0.1, -0.05) is 0 Å². The van der Waals surface area contributed by atoms with Crippen LogP contribution in [0.4, 0.5) is 4.79 Å². The number of hydrogen-bond acceptors (Lipinski definition) is 4. The normalized spacial score (nSPS) is 27.6. The second kappa shape index (κ2) is 4.47. The van der Waals surface area contributed by atoms with Crippen LogP contribution in [-0.4, -0.2) is 52.3 Å². The first-order valence-corrected chi connectivity index (χ1v) is 7.49. The van der Waals surface area contributed by atoms with E-state index in [9.17, 15) is 9.59 Å². The third-order valence-corrected chi connectivity index (χ3v) is 4.70. The van der Waals surface area contributed by atoms with Crippen molar-refractivity contribution >= 4 is 12.0 Å². The molecule has 7 heteroatoms. The highest BCUT2D eigenvalue weighted by atomic mass is 16.6. The summed E-state index contributed by atoms with van der Waals surface area (Å²) in [4.78, 5) is 25.8. The SMILES string of the molecule is O=C1NCC2(CCCN(C(=O)c3n[nH]c4c3CCC4)C2)O1. The molecular weight excluding hydrogens is 272 g/mol. The molecule has 2 N–H and O–H groups in total. The van der Waals surface area contributed by atoms with Gasteiger partial charge in [0.1, 0.15) is 5.60 Å². The molecule has 2 aliphatic heterocycles. The number of rotatable bonds is 1. The number of likely N-dealkylation sites (tertiary alicyclic amines) is 1. The predicted octanol–water partition coefficient (Wildman–Crippen LogP) is 0.613. The number of fused-ring (bicyclic) bond motifs is 1. The van der Waals surface area contributed by atoms with Gasteiger partial charge in [0, 0.05) is 17.8 Å². The van der Waals surface area contributed by atoms with Gasteiger partial charge in [-0.3, -0.25) is 9.89 Å². The minimum atomic E-state index is -0.551. The number of nitrogens with one attached hydrogen (secondary N) is 2. The summed E-state index contributed by atoms with van der Waals surface area (Å²) in [6.45, 7) is 1.63. The lowest BCUT2D eigenvalue weighted by Gasteiger charge is -2.37. The second-order valence-corrected chi connectivity index (χ2v) is 6.14. The molecule has 0 saturated carbocycles. The molecule has 1 atom stereocenters. The molecule has 0 aromatic carbocycles. The highest BCUT2D eigenvalue weighted by Gasteiger charge is 2.45. The van der Waals surface area contributed by atoms with E-state index in [1.54, 1.807) is 4.90 Å². The number of alkyl carbamates (subject to hydrolysis) is 1.